The molecule has 1 aliphatic rings. The van der Waals surface area contributed by atoms with Gasteiger partial charge >= 0.3 is 0 Å². The average molecular weight is 404 g/mol. The van der Waals surface area contributed by atoms with Gasteiger partial charge in [0.15, 0.2) is 11.5 Å². The van der Waals surface area contributed by atoms with E-state index in [-0.39, 0.29) is 0 Å². The minimum atomic E-state index is 0.356. The molecule has 0 amide bonds. The van der Waals surface area contributed by atoms with Gasteiger partial charge in [-0.25, -0.2) is 14.5 Å². The molecule has 4 aromatic heterocycles. The van der Waals surface area contributed by atoms with Gasteiger partial charge in [0, 0.05) is 44.4 Å². The van der Waals surface area contributed by atoms with Gasteiger partial charge in [0.1, 0.15) is 11.0 Å². The third kappa shape index (κ3) is 3.41. The Balaban J connectivity index is 1.48. The fourth-order valence-electron chi connectivity index (χ4n) is 4.10. The van der Waals surface area contributed by atoms with Crippen molar-refractivity contribution < 1.29 is 4.74 Å². The van der Waals surface area contributed by atoms with Crippen molar-refractivity contribution in [2.45, 2.75) is 37.8 Å². The highest BCUT2D eigenvalue weighted by molar-refractivity contribution is 5.89. The van der Waals surface area contributed by atoms with Crippen LogP contribution in [0.3, 0.4) is 0 Å². The smallest absolute Gasteiger partial charge is 0.243 e. The van der Waals surface area contributed by atoms with Crippen LogP contribution < -0.4 is 10.6 Å². The molecule has 9 heteroatoms. The molecule has 0 bridgehead atoms. The summed E-state index contributed by atoms with van der Waals surface area (Å²) in [7, 11) is 3.65. The van der Waals surface area contributed by atoms with Gasteiger partial charge in [-0.15, -0.1) is 5.10 Å². The number of hydrogen-bond donors (Lipinski definition) is 2. The number of anilines is 2. The van der Waals surface area contributed by atoms with Crippen LogP contribution in [0.1, 0.15) is 25.7 Å². The number of nitrogens with zero attached hydrogens (tertiary/aromatic N) is 6. The first-order valence-electron chi connectivity index (χ1n) is 10.2. The van der Waals surface area contributed by atoms with Crippen LogP contribution in [0.25, 0.3) is 27.9 Å². The Labute approximate surface area is 173 Å². The summed E-state index contributed by atoms with van der Waals surface area (Å²) in [6, 6.07) is 6.24. The molecule has 5 rings (SSSR count). The topological polar surface area (TPSA) is 102 Å². The first-order chi connectivity index (χ1) is 14.7. The molecular weight excluding hydrogens is 380 g/mol. The monoisotopic (exact) mass is 404 g/mol. The van der Waals surface area contributed by atoms with Crippen molar-refractivity contribution in [3.05, 3.63) is 36.8 Å². The van der Waals surface area contributed by atoms with Crippen LogP contribution in [-0.4, -0.2) is 55.9 Å². The molecule has 0 aromatic carbocycles. The van der Waals surface area contributed by atoms with Gasteiger partial charge in [-0.3, -0.25) is 4.98 Å². The third-order valence-corrected chi connectivity index (χ3v) is 5.70. The van der Waals surface area contributed by atoms with Gasteiger partial charge in [-0.2, -0.15) is 4.98 Å². The molecule has 0 saturated heterocycles. The molecule has 0 unspecified atom stereocenters. The number of ether oxygens (including phenoxy) is 1. The van der Waals surface area contributed by atoms with Crippen LogP contribution in [0.15, 0.2) is 36.8 Å². The Kier molecular flexibility index (Phi) is 4.88. The zero-order valence-corrected chi connectivity index (χ0v) is 17.0. The Hall–Kier alpha value is -3.33. The summed E-state index contributed by atoms with van der Waals surface area (Å²) in [5.74, 6) is 1.37. The number of hydrogen-bond acceptors (Lipinski definition) is 8. The maximum absolute atomic E-state index is 5.47. The van der Waals surface area contributed by atoms with Crippen molar-refractivity contribution in [2.24, 2.45) is 0 Å². The van der Waals surface area contributed by atoms with E-state index in [9.17, 15) is 0 Å². The maximum Gasteiger partial charge on any atom is 0.243 e. The third-order valence-electron chi connectivity index (χ3n) is 5.70. The van der Waals surface area contributed by atoms with Crippen LogP contribution in [-0.2, 0) is 4.74 Å². The summed E-state index contributed by atoms with van der Waals surface area (Å²) in [4.78, 5) is 18.0. The number of rotatable bonds is 5. The van der Waals surface area contributed by atoms with Crippen LogP contribution in [0.5, 0.6) is 0 Å². The normalized spacial score (nSPS) is 19.3. The lowest BCUT2D eigenvalue weighted by molar-refractivity contribution is 0.0681. The van der Waals surface area contributed by atoms with E-state index in [0.29, 0.717) is 23.7 Å². The zero-order chi connectivity index (χ0) is 20.5. The number of methoxy groups -OCH3 is 1. The molecule has 30 heavy (non-hydrogen) atoms. The first kappa shape index (κ1) is 18.7. The fourth-order valence-corrected chi connectivity index (χ4v) is 4.10. The van der Waals surface area contributed by atoms with Crippen LogP contribution >= 0.6 is 0 Å². The van der Waals surface area contributed by atoms with E-state index in [1.165, 1.54) is 0 Å². The van der Waals surface area contributed by atoms with Crippen molar-refractivity contribution in [1.29, 1.82) is 0 Å². The predicted molar refractivity (Wildman–Crippen MR) is 116 cm³/mol. The van der Waals surface area contributed by atoms with Crippen LogP contribution in [0, 0.1) is 0 Å². The molecule has 1 saturated carbocycles. The molecule has 4 aromatic rings. The molecule has 0 spiro atoms. The summed E-state index contributed by atoms with van der Waals surface area (Å²) in [5.41, 5.74) is 4.01. The Morgan fingerprint density at radius 3 is 2.67 bits per heavy atom. The van der Waals surface area contributed by atoms with Gasteiger partial charge in [0.05, 0.1) is 11.8 Å². The standard InChI is InChI=1S/C21H24N8O/c1-22-20-18-15(16-7-8-17-19(26-16)24-11-10-23-17)9-12-29(18)28-21(27-20)25-13-3-5-14(30-2)6-4-13/h7-14H,3-6H2,1-2H3,(H2,22,25,27,28). The summed E-state index contributed by atoms with van der Waals surface area (Å²) in [6.45, 7) is 0. The average Bonchev–Trinajstić information content (AvgIpc) is 3.23. The summed E-state index contributed by atoms with van der Waals surface area (Å²) >= 11 is 0. The van der Waals surface area contributed by atoms with Gasteiger partial charge in [-0.05, 0) is 43.9 Å². The van der Waals surface area contributed by atoms with E-state index in [1.807, 2.05) is 36.0 Å². The highest BCUT2D eigenvalue weighted by Gasteiger charge is 2.22. The van der Waals surface area contributed by atoms with E-state index in [2.05, 4.69) is 25.6 Å². The number of pyridine rings is 1. The highest BCUT2D eigenvalue weighted by atomic mass is 16.5. The summed E-state index contributed by atoms with van der Waals surface area (Å²) in [5, 5.41) is 11.4. The zero-order valence-electron chi connectivity index (χ0n) is 17.0. The van der Waals surface area contributed by atoms with Gasteiger partial charge in [0.2, 0.25) is 5.95 Å². The van der Waals surface area contributed by atoms with E-state index >= 15 is 0 Å². The Morgan fingerprint density at radius 1 is 1.03 bits per heavy atom. The van der Waals surface area contributed by atoms with E-state index < -0.39 is 0 Å². The quantitative estimate of drug-likeness (QED) is 0.523. The minimum absolute atomic E-state index is 0.356. The van der Waals surface area contributed by atoms with Crippen molar-refractivity contribution in [1.82, 2.24) is 29.5 Å². The lowest BCUT2D eigenvalue weighted by Gasteiger charge is -2.28. The van der Waals surface area contributed by atoms with E-state index in [0.717, 1.165) is 53.8 Å². The van der Waals surface area contributed by atoms with Crippen molar-refractivity contribution in [3.63, 3.8) is 0 Å². The van der Waals surface area contributed by atoms with Gasteiger partial charge < -0.3 is 15.4 Å². The molecule has 154 valence electrons. The largest absolute Gasteiger partial charge is 0.381 e. The van der Waals surface area contributed by atoms with Crippen LogP contribution in [0.2, 0.25) is 0 Å². The minimum Gasteiger partial charge on any atom is -0.381 e. The molecule has 2 N–H and O–H groups in total. The molecule has 9 nitrogen and oxygen atoms in total. The van der Waals surface area contributed by atoms with Gasteiger partial charge in [0.25, 0.3) is 0 Å². The Morgan fingerprint density at radius 2 is 1.87 bits per heavy atom. The molecule has 0 aliphatic heterocycles. The lowest BCUT2D eigenvalue weighted by atomic mass is 9.93. The Bertz CT molecular complexity index is 1180. The fraction of sp³-hybridized carbons (Fsp3) is 0.381. The van der Waals surface area contributed by atoms with E-state index in [1.54, 1.807) is 19.5 Å². The SMILES string of the molecule is CNc1nc(NC2CCC(OC)CC2)nn2ccc(-c3ccc4nccnc4n3)c12. The summed E-state index contributed by atoms with van der Waals surface area (Å²) < 4.78 is 7.32. The van der Waals surface area contributed by atoms with Gasteiger partial charge in [-0.1, -0.05) is 0 Å². The second-order valence-electron chi connectivity index (χ2n) is 7.51. The first-order valence-corrected chi connectivity index (χ1v) is 10.2. The number of nitrogens with one attached hydrogen (secondary N) is 2. The lowest BCUT2D eigenvalue weighted by Crippen LogP contribution is -2.30. The van der Waals surface area contributed by atoms with E-state index in [4.69, 9.17) is 14.8 Å². The van der Waals surface area contributed by atoms with Crippen LogP contribution in [0.4, 0.5) is 11.8 Å². The molecular formula is C21H24N8O. The maximum atomic E-state index is 5.47. The molecule has 0 radical (unpaired) electrons. The summed E-state index contributed by atoms with van der Waals surface area (Å²) in [6.07, 6.45) is 9.83. The molecule has 1 aliphatic carbocycles. The second kappa shape index (κ2) is 7.83. The van der Waals surface area contributed by atoms with Crippen molar-refractivity contribution in [2.75, 3.05) is 24.8 Å². The predicted octanol–water partition coefficient (Wildman–Crippen LogP) is 3.15. The second-order valence-corrected chi connectivity index (χ2v) is 7.51. The van der Waals surface area contributed by atoms with Crippen molar-refractivity contribution >= 4 is 28.4 Å². The number of fused-ring (bicyclic) bond motifs is 2. The highest BCUT2D eigenvalue weighted by Crippen LogP contribution is 2.30. The van der Waals surface area contributed by atoms with Crippen molar-refractivity contribution in [3.8, 4) is 11.3 Å². The molecule has 4 heterocycles. The molecule has 0 atom stereocenters. The molecule has 1 fully saturated rings. The number of aromatic nitrogens is 6.